The smallest absolute Gasteiger partial charge is 0.407 e. The summed E-state index contributed by atoms with van der Waals surface area (Å²) in [5, 5.41) is 12.3. The van der Waals surface area contributed by atoms with Crippen LogP contribution < -0.4 is 5.32 Å². The van der Waals surface area contributed by atoms with Gasteiger partial charge in [0.05, 0.1) is 6.61 Å². The molecule has 124 valence electrons. The zero-order valence-electron chi connectivity index (χ0n) is 13.1. The van der Waals surface area contributed by atoms with Crippen molar-refractivity contribution in [2.24, 2.45) is 0 Å². The Morgan fingerprint density at radius 2 is 2.35 bits per heavy atom. The summed E-state index contributed by atoms with van der Waals surface area (Å²) in [7, 11) is 0. The number of esters is 1. The lowest BCUT2D eigenvalue weighted by Crippen LogP contribution is -2.44. The number of nitrogens with one attached hydrogen (secondary N) is 1. The van der Waals surface area contributed by atoms with Gasteiger partial charge in [-0.15, -0.1) is 0 Å². The number of nitrogens with zero attached hydrogens (tertiary/aromatic N) is 2. The monoisotopic (exact) mass is 319 g/mol. The average Bonchev–Trinajstić information content (AvgIpc) is 2.55. The van der Waals surface area contributed by atoms with Crippen LogP contribution in [0.15, 0.2) is 24.4 Å². The molecule has 0 radical (unpaired) electrons. The number of hydrogen-bond donors (Lipinski definition) is 2. The fraction of sp³-hybridized carbons (Fsp3) is 0.438. The first kappa shape index (κ1) is 16.8. The summed E-state index contributed by atoms with van der Waals surface area (Å²) in [5.74, 6) is 0.307. The van der Waals surface area contributed by atoms with Crippen molar-refractivity contribution in [3.63, 3.8) is 0 Å². The van der Waals surface area contributed by atoms with Gasteiger partial charge in [-0.1, -0.05) is 0 Å². The fourth-order valence-corrected chi connectivity index (χ4v) is 2.42. The summed E-state index contributed by atoms with van der Waals surface area (Å²) >= 11 is 0. The molecule has 1 amide bonds. The van der Waals surface area contributed by atoms with E-state index in [0.717, 1.165) is 18.4 Å². The highest BCUT2D eigenvalue weighted by Gasteiger charge is 2.23. The van der Waals surface area contributed by atoms with E-state index in [1.807, 2.05) is 12.1 Å². The second-order valence-electron chi connectivity index (χ2n) is 5.27. The van der Waals surface area contributed by atoms with Gasteiger partial charge in [0.15, 0.2) is 0 Å². The van der Waals surface area contributed by atoms with Crippen molar-refractivity contribution >= 4 is 24.0 Å². The number of rotatable bonds is 5. The van der Waals surface area contributed by atoms with Crippen molar-refractivity contribution in [2.75, 3.05) is 25.0 Å². The molecule has 7 heteroatoms. The van der Waals surface area contributed by atoms with Crippen LogP contribution in [0.5, 0.6) is 0 Å². The normalized spacial score (nSPS) is 18.0. The Hall–Kier alpha value is -2.57. The van der Waals surface area contributed by atoms with Gasteiger partial charge in [0.1, 0.15) is 5.82 Å². The lowest BCUT2D eigenvalue weighted by molar-refractivity contribution is -0.137. The second-order valence-corrected chi connectivity index (χ2v) is 5.27. The number of carboxylic acid groups (broad SMARTS) is 1. The second kappa shape index (κ2) is 8.17. The predicted octanol–water partition coefficient (Wildman–Crippen LogP) is 2.21. The zero-order chi connectivity index (χ0) is 16.7. The largest absolute Gasteiger partial charge is 0.465 e. The summed E-state index contributed by atoms with van der Waals surface area (Å²) < 4.78 is 4.81. The third-order valence-electron chi connectivity index (χ3n) is 3.53. The lowest BCUT2D eigenvalue weighted by Gasteiger charge is -2.31. The first-order chi connectivity index (χ1) is 11.1. The van der Waals surface area contributed by atoms with Crippen LogP contribution in [0, 0.1) is 0 Å². The maximum absolute atomic E-state index is 11.2. The number of pyridine rings is 1. The molecule has 1 saturated heterocycles. The highest BCUT2D eigenvalue weighted by Crippen LogP contribution is 2.15. The van der Waals surface area contributed by atoms with E-state index in [0.29, 0.717) is 25.5 Å². The third-order valence-corrected chi connectivity index (χ3v) is 3.53. The Morgan fingerprint density at radius 3 is 3.00 bits per heavy atom. The van der Waals surface area contributed by atoms with Gasteiger partial charge in [-0.3, -0.25) is 0 Å². The Balaban J connectivity index is 1.89. The van der Waals surface area contributed by atoms with Gasteiger partial charge in [0.2, 0.25) is 0 Å². The SMILES string of the molecule is CCOC(=O)/C=C/c1ccc(N[C@@H]2CCCN(C(=O)O)C2)nc1. The van der Waals surface area contributed by atoms with Crippen LogP contribution in [0.1, 0.15) is 25.3 Å². The summed E-state index contributed by atoms with van der Waals surface area (Å²) in [5.41, 5.74) is 0.791. The van der Waals surface area contributed by atoms with Crippen LogP contribution in [0.4, 0.5) is 10.6 Å². The van der Waals surface area contributed by atoms with Gasteiger partial charge in [-0.25, -0.2) is 14.6 Å². The van der Waals surface area contributed by atoms with Crippen molar-refractivity contribution in [2.45, 2.75) is 25.8 Å². The summed E-state index contributed by atoms with van der Waals surface area (Å²) in [4.78, 5) is 27.9. The van der Waals surface area contributed by atoms with Gasteiger partial charge in [0.25, 0.3) is 0 Å². The molecule has 2 heterocycles. The van der Waals surface area contributed by atoms with E-state index in [4.69, 9.17) is 9.84 Å². The molecule has 1 aliphatic rings. The van der Waals surface area contributed by atoms with E-state index < -0.39 is 6.09 Å². The van der Waals surface area contributed by atoms with Crippen LogP contribution in [0.2, 0.25) is 0 Å². The van der Waals surface area contributed by atoms with Crippen molar-refractivity contribution in [3.8, 4) is 0 Å². The first-order valence-electron chi connectivity index (χ1n) is 7.63. The van der Waals surface area contributed by atoms with Gasteiger partial charge >= 0.3 is 12.1 Å². The molecule has 23 heavy (non-hydrogen) atoms. The lowest BCUT2D eigenvalue weighted by atomic mass is 10.1. The summed E-state index contributed by atoms with van der Waals surface area (Å²) in [6, 6.07) is 3.71. The zero-order valence-corrected chi connectivity index (χ0v) is 13.1. The molecular weight excluding hydrogens is 298 g/mol. The van der Waals surface area contributed by atoms with Crippen molar-refractivity contribution in [1.29, 1.82) is 0 Å². The topological polar surface area (TPSA) is 91.8 Å². The molecule has 1 aromatic heterocycles. The number of carbonyl (C=O) groups excluding carboxylic acids is 1. The van der Waals surface area contributed by atoms with Crippen molar-refractivity contribution in [1.82, 2.24) is 9.88 Å². The molecule has 0 saturated carbocycles. The molecular formula is C16H21N3O4. The van der Waals surface area contributed by atoms with Gasteiger partial charge in [0, 0.05) is 31.4 Å². The standard InChI is InChI=1S/C16H21N3O4/c1-2-23-15(20)8-6-12-5-7-14(17-10-12)18-13-4-3-9-19(11-13)16(21)22/h5-8,10,13H,2-4,9,11H2,1H3,(H,17,18)(H,21,22)/b8-6+/t13-/m1/s1. The summed E-state index contributed by atoms with van der Waals surface area (Å²) in [6.07, 6.45) is 5.51. The van der Waals surface area contributed by atoms with Crippen LogP contribution in [0.3, 0.4) is 0 Å². The van der Waals surface area contributed by atoms with Crippen molar-refractivity contribution < 1.29 is 19.4 Å². The van der Waals surface area contributed by atoms with Gasteiger partial charge in [-0.05, 0) is 43.5 Å². The number of aromatic nitrogens is 1. The molecule has 2 N–H and O–H groups in total. The molecule has 7 nitrogen and oxygen atoms in total. The Labute approximate surface area is 135 Å². The molecule has 0 spiro atoms. The number of amides is 1. The molecule has 0 unspecified atom stereocenters. The van der Waals surface area contributed by atoms with E-state index in [-0.39, 0.29) is 12.0 Å². The van der Waals surface area contributed by atoms with Gasteiger partial charge in [-0.2, -0.15) is 0 Å². The molecule has 0 aliphatic carbocycles. The van der Waals surface area contributed by atoms with Crippen molar-refractivity contribution in [3.05, 3.63) is 30.0 Å². The first-order valence-corrected chi connectivity index (χ1v) is 7.63. The molecule has 1 fully saturated rings. The molecule has 1 aromatic rings. The minimum absolute atomic E-state index is 0.0632. The summed E-state index contributed by atoms with van der Waals surface area (Å²) in [6.45, 7) is 3.14. The van der Waals surface area contributed by atoms with Crippen LogP contribution >= 0.6 is 0 Å². The number of carbonyl (C=O) groups is 2. The Bertz CT molecular complexity index is 571. The third kappa shape index (κ3) is 5.28. The van der Waals surface area contributed by atoms with Crippen LogP contribution in [-0.2, 0) is 9.53 Å². The molecule has 1 atom stereocenters. The quantitative estimate of drug-likeness (QED) is 0.638. The Morgan fingerprint density at radius 1 is 1.52 bits per heavy atom. The molecule has 0 bridgehead atoms. The van der Waals surface area contributed by atoms with E-state index in [2.05, 4.69) is 10.3 Å². The number of anilines is 1. The number of hydrogen-bond acceptors (Lipinski definition) is 5. The highest BCUT2D eigenvalue weighted by molar-refractivity contribution is 5.86. The van der Waals surface area contributed by atoms with E-state index in [1.165, 1.54) is 11.0 Å². The van der Waals surface area contributed by atoms with E-state index in [1.54, 1.807) is 19.2 Å². The maximum atomic E-state index is 11.2. The number of ether oxygens (including phenoxy) is 1. The van der Waals surface area contributed by atoms with Gasteiger partial charge < -0.3 is 20.1 Å². The number of likely N-dealkylation sites (tertiary alicyclic amines) is 1. The van der Waals surface area contributed by atoms with E-state index in [9.17, 15) is 9.59 Å². The fourth-order valence-electron chi connectivity index (χ4n) is 2.42. The maximum Gasteiger partial charge on any atom is 0.407 e. The molecule has 0 aromatic carbocycles. The minimum Gasteiger partial charge on any atom is -0.465 e. The molecule has 1 aliphatic heterocycles. The predicted molar refractivity (Wildman–Crippen MR) is 86.1 cm³/mol. The highest BCUT2D eigenvalue weighted by atomic mass is 16.5. The minimum atomic E-state index is -0.885. The average molecular weight is 319 g/mol. The van der Waals surface area contributed by atoms with E-state index >= 15 is 0 Å². The number of piperidine rings is 1. The van der Waals surface area contributed by atoms with Crippen LogP contribution in [0.25, 0.3) is 6.08 Å². The molecule has 2 rings (SSSR count). The van der Waals surface area contributed by atoms with Crippen LogP contribution in [-0.4, -0.2) is 52.8 Å². The Kier molecular flexibility index (Phi) is 5.96.